The second kappa shape index (κ2) is 6.08. The van der Waals surface area contributed by atoms with E-state index in [1.807, 2.05) is 6.07 Å². The standard InChI is InChI=1S/C13H7BrN2O3S2/c14-9-1-7(5-20-13-16-15-6-21-13)12-10(2-9)11(18)8(3-17)4-19-12/h1-4,6H,5H2. The summed E-state index contributed by atoms with van der Waals surface area (Å²) in [5, 5.41) is 8.13. The van der Waals surface area contributed by atoms with Crippen molar-refractivity contribution in [2.24, 2.45) is 0 Å². The van der Waals surface area contributed by atoms with E-state index in [9.17, 15) is 9.59 Å². The second-order valence-corrected chi connectivity index (χ2v) is 7.04. The molecule has 1 aromatic carbocycles. The first-order chi connectivity index (χ1) is 10.2. The van der Waals surface area contributed by atoms with Crippen LogP contribution in [0.3, 0.4) is 0 Å². The van der Waals surface area contributed by atoms with Gasteiger partial charge in [0.25, 0.3) is 0 Å². The van der Waals surface area contributed by atoms with Crippen LogP contribution in [0.2, 0.25) is 0 Å². The summed E-state index contributed by atoms with van der Waals surface area (Å²) in [5.41, 5.74) is 2.70. The Labute approximate surface area is 135 Å². The van der Waals surface area contributed by atoms with Crippen LogP contribution in [-0.2, 0) is 5.75 Å². The van der Waals surface area contributed by atoms with Gasteiger partial charge in [-0.25, -0.2) is 0 Å². The van der Waals surface area contributed by atoms with E-state index in [1.54, 1.807) is 11.6 Å². The van der Waals surface area contributed by atoms with Crippen LogP contribution in [0.15, 0.2) is 41.9 Å². The number of thioether (sulfide) groups is 1. The molecule has 0 saturated heterocycles. The number of aromatic nitrogens is 2. The molecule has 5 nitrogen and oxygen atoms in total. The summed E-state index contributed by atoms with van der Waals surface area (Å²) >= 11 is 6.34. The molecule has 0 bridgehead atoms. The third-order valence-electron chi connectivity index (χ3n) is 2.76. The average molecular weight is 383 g/mol. The molecule has 2 heterocycles. The summed E-state index contributed by atoms with van der Waals surface area (Å²) in [6, 6.07) is 3.55. The third-order valence-corrected chi connectivity index (χ3v) is 5.13. The summed E-state index contributed by atoms with van der Waals surface area (Å²) in [4.78, 5) is 23.0. The maximum Gasteiger partial charge on any atom is 0.203 e. The molecule has 0 amide bonds. The molecule has 0 N–H and O–H groups in total. The van der Waals surface area contributed by atoms with Gasteiger partial charge in [-0.3, -0.25) is 9.59 Å². The Balaban J connectivity index is 2.07. The van der Waals surface area contributed by atoms with Gasteiger partial charge in [0.15, 0.2) is 10.6 Å². The first-order valence-electron chi connectivity index (χ1n) is 5.77. The smallest absolute Gasteiger partial charge is 0.203 e. The van der Waals surface area contributed by atoms with Crippen molar-refractivity contribution >= 4 is 56.3 Å². The molecule has 3 rings (SSSR count). The van der Waals surface area contributed by atoms with Crippen molar-refractivity contribution in [3.63, 3.8) is 0 Å². The van der Waals surface area contributed by atoms with E-state index in [0.717, 1.165) is 14.4 Å². The maximum atomic E-state index is 12.2. The van der Waals surface area contributed by atoms with Crippen molar-refractivity contribution in [3.8, 4) is 0 Å². The lowest BCUT2D eigenvalue weighted by molar-refractivity contribution is 0.112. The molecular weight excluding hydrogens is 376 g/mol. The largest absolute Gasteiger partial charge is 0.463 e. The highest BCUT2D eigenvalue weighted by molar-refractivity contribution is 9.10. The van der Waals surface area contributed by atoms with Crippen LogP contribution in [0.5, 0.6) is 0 Å². The maximum absolute atomic E-state index is 12.2. The molecule has 0 unspecified atom stereocenters. The van der Waals surface area contributed by atoms with E-state index in [4.69, 9.17) is 4.42 Å². The number of fused-ring (bicyclic) bond motifs is 1. The Kier molecular flexibility index (Phi) is 4.18. The van der Waals surface area contributed by atoms with Gasteiger partial charge < -0.3 is 4.42 Å². The Hall–Kier alpha value is -1.51. The molecule has 0 saturated carbocycles. The molecule has 8 heteroatoms. The topological polar surface area (TPSA) is 73.1 Å². The fraction of sp³-hybridized carbons (Fsp3) is 0.0769. The van der Waals surface area contributed by atoms with Crippen LogP contribution in [0.1, 0.15) is 15.9 Å². The van der Waals surface area contributed by atoms with Crippen LogP contribution >= 0.6 is 39.0 Å². The van der Waals surface area contributed by atoms with Gasteiger partial charge in [0.05, 0.1) is 10.9 Å². The first-order valence-corrected chi connectivity index (χ1v) is 8.43. The quantitative estimate of drug-likeness (QED) is 0.507. The monoisotopic (exact) mass is 382 g/mol. The molecule has 2 aromatic heterocycles. The number of carbonyl (C=O) groups excluding carboxylic acids is 1. The van der Waals surface area contributed by atoms with E-state index in [2.05, 4.69) is 26.1 Å². The molecule has 0 aliphatic heterocycles. The van der Waals surface area contributed by atoms with Crippen molar-refractivity contribution < 1.29 is 9.21 Å². The van der Waals surface area contributed by atoms with Crippen LogP contribution < -0.4 is 5.43 Å². The van der Waals surface area contributed by atoms with Gasteiger partial charge in [0, 0.05) is 15.8 Å². The molecule has 21 heavy (non-hydrogen) atoms. The van der Waals surface area contributed by atoms with Gasteiger partial charge in [-0.15, -0.1) is 10.2 Å². The molecule has 0 radical (unpaired) electrons. The predicted octanol–water partition coefficient (Wildman–Crippen LogP) is 3.51. The lowest BCUT2D eigenvalue weighted by atomic mass is 10.1. The fourth-order valence-corrected chi connectivity index (χ4v) is 3.80. The van der Waals surface area contributed by atoms with Gasteiger partial charge >= 0.3 is 0 Å². The highest BCUT2D eigenvalue weighted by atomic mass is 79.9. The number of rotatable bonds is 4. The van der Waals surface area contributed by atoms with Gasteiger partial charge in [-0.05, 0) is 12.1 Å². The predicted molar refractivity (Wildman–Crippen MR) is 85.0 cm³/mol. The zero-order valence-electron chi connectivity index (χ0n) is 10.4. The molecule has 106 valence electrons. The van der Waals surface area contributed by atoms with Gasteiger partial charge in [-0.1, -0.05) is 39.0 Å². The number of halogens is 1. The van der Waals surface area contributed by atoms with Crippen LogP contribution in [0.25, 0.3) is 11.0 Å². The minimum absolute atomic E-state index is 0.0170. The number of benzene rings is 1. The molecule has 3 aromatic rings. The highest BCUT2D eigenvalue weighted by Crippen LogP contribution is 2.29. The lowest BCUT2D eigenvalue weighted by Crippen LogP contribution is -2.08. The summed E-state index contributed by atoms with van der Waals surface area (Å²) in [6.07, 6.45) is 1.70. The zero-order chi connectivity index (χ0) is 14.8. The summed E-state index contributed by atoms with van der Waals surface area (Å²) in [6.45, 7) is 0. The van der Waals surface area contributed by atoms with Crippen molar-refractivity contribution in [2.45, 2.75) is 10.1 Å². The average Bonchev–Trinajstić information content (AvgIpc) is 2.99. The van der Waals surface area contributed by atoms with Gasteiger partial charge in [0.2, 0.25) is 5.43 Å². The van der Waals surface area contributed by atoms with E-state index < -0.39 is 0 Å². The van der Waals surface area contributed by atoms with Gasteiger partial charge in [-0.2, -0.15) is 0 Å². The fourth-order valence-electron chi connectivity index (χ4n) is 1.84. The summed E-state index contributed by atoms with van der Waals surface area (Å²) < 4.78 is 7.08. The Morgan fingerprint density at radius 1 is 1.43 bits per heavy atom. The Bertz CT molecular complexity index is 862. The van der Waals surface area contributed by atoms with E-state index in [1.165, 1.54) is 29.4 Å². The third kappa shape index (κ3) is 2.92. The normalized spacial score (nSPS) is 10.9. The Morgan fingerprint density at radius 2 is 2.29 bits per heavy atom. The zero-order valence-corrected chi connectivity index (χ0v) is 13.6. The van der Waals surface area contributed by atoms with Crippen LogP contribution in [0.4, 0.5) is 0 Å². The SMILES string of the molecule is O=Cc1coc2c(CSc3nncs3)cc(Br)cc2c1=O. The van der Waals surface area contributed by atoms with Crippen molar-refractivity contribution in [3.05, 3.63) is 49.7 Å². The number of hydrogen-bond donors (Lipinski definition) is 0. The molecule has 0 aliphatic rings. The molecule has 0 aliphatic carbocycles. The van der Waals surface area contributed by atoms with Crippen LogP contribution in [-0.4, -0.2) is 16.5 Å². The number of hydrogen-bond acceptors (Lipinski definition) is 7. The van der Waals surface area contributed by atoms with E-state index in [-0.39, 0.29) is 11.0 Å². The molecule has 0 spiro atoms. The summed E-state index contributed by atoms with van der Waals surface area (Å²) in [7, 11) is 0. The number of aldehydes is 1. The van der Waals surface area contributed by atoms with E-state index in [0.29, 0.717) is 23.0 Å². The van der Waals surface area contributed by atoms with Crippen molar-refractivity contribution in [1.29, 1.82) is 0 Å². The van der Waals surface area contributed by atoms with E-state index >= 15 is 0 Å². The number of nitrogens with zero attached hydrogens (tertiary/aromatic N) is 2. The summed E-state index contributed by atoms with van der Waals surface area (Å²) in [5.74, 6) is 0.592. The molecular formula is C13H7BrN2O3S2. The minimum Gasteiger partial charge on any atom is -0.463 e. The van der Waals surface area contributed by atoms with Crippen molar-refractivity contribution in [2.75, 3.05) is 0 Å². The number of carbonyl (C=O) groups is 1. The molecule has 0 fully saturated rings. The molecule has 0 atom stereocenters. The second-order valence-electron chi connectivity index (χ2n) is 4.07. The van der Waals surface area contributed by atoms with Crippen LogP contribution in [0, 0.1) is 0 Å². The first kappa shape index (κ1) is 14.4. The Morgan fingerprint density at radius 3 is 3.00 bits per heavy atom. The van der Waals surface area contributed by atoms with Gasteiger partial charge in [0.1, 0.15) is 17.4 Å². The van der Waals surface area contributed by atoms with Crippen molar-refractivity contribution in [1.82, 2.24) is 10.2 Å². The lowest BCUT2D eigenvalue weighted by Gasteiger charge is -2.05. The minimum atomic E-state index is -0.324. The highest BCUT2D eigenvalue weighted by Gasteiger charge is 2.12.